The second kappa shape index (κ2) is 8.53. The van der Waals surface area contributed by atoms with Gasteiger partial charge in [-0.15, -0.1) is 0 Å². The highest BCUT2D eigenvalue weighted by molar-refractivity contribution is 5.97. The molecule has 0 N–H and O–H groups in total. The topological polar surface area (TPSA) is 118 Å². The molecule has 9 heteroatoms. The number of Topliss-reactive ketones (excluding diaryl/α,β-unsaturated/α-hetero) is 1. The van der Waals surface area contributed by atoms with Crippen molar-refractivity contribution in [1.82, 2.24) is 0 Å². The minimum Gasteiger partial charge on any atom is -0.472 e. The van der Waals surface area contributed by atoms with E-state index in [4.69, 9.17) is 23.4 Å². The normalized spacial score (nSPS) is 39.6. The first-order valence-electron chi connectivity index (χ1n) is 13.1. The summed E-state index contributed by atoms with van der Waals surface area (Å²) in [5.41, 5.74) is -2.19. The van der Waals surface area contributed by atoms with E-state index in [-0.39, 0.29) is 24.5 Å². The lowest BCUT2D eigenvalue weighted by atomic mass is 9.40. The van der Waals surface area contributed by atoms with Crippen LogP contribution in [0.3, 0.4) is 0 Å². The van der Waals surface area contributed by atoms with Crippen molar-refractivity contribution >= 4 is 23.7 Å². The molecule has 4 fully saturated rings. The molecule has 2 bridgehead atoms. The first-order valence-corrected chi connectivity index (χ1v) is 13.1. The number of carbonyl (C=O) groups is 4. The molecule has 1 aromatic heterocycles. The summed E-state index contributed by atoms with van der Waals surface area (Å²) in [5.74, 6) is -4.40. The third-order valence-electron chi connectivity index (χ3n) is 10.5. The zero-order chi connectivity index (χ0) is 27.8. The van der Waals surface area contributed by atoms with Crippen molar-refractivity contribution in [1.29, 1.82) is 0 Å². The van der Waals surface area contributed by atoms with E-state index in [1.165, 1.54) is 14.2 Å². The summed E-state index contributed by atoms with van der Waals surface area (Å²) < 4.78 is 28.3. The Labute approximate surface area is 222 Å². The van der Waals surface area contributed by atoms with Crippen LogP contribution < -0.4 is 0 Å². The number of esters is 3. The molecular weight excluding hydrogens is 492 g/mol. The highest BCUT2D eigenvalue weighted by atomic mass is 16.6. The zero-order valence-corrected chi connectivity index (χ0v) is 22.8. The number of fused-ring (bicyclic) bond motifs is 3. The van der Waals surface area contributed by atoms with Gasteiger partial charge < -0.3 is 23.4 Å². The molecule has 4 aliphatic rings. The van der Waals surface area contributed by atoms with Crippen LogP contribution in [-0.2, 0) is 38.1 Å². The minimum absolute atomic E-state index is 0.0283. The number of hydrogen-bond donors (Lipinski definition) is 0. The van der Waals surface area contributed by atoms with Crippen LogP contribution in [0, 0.1) is 34.0 Å². The molecular formula is C29H36O9. The van der Waals surface area contributed by atoms with Crippen LogP contribution in [-0.4, -0.2) is 49.6 Å². The molecule has 1 aromatic rings. The van der Waals surface area contributed by atoms with Crippen LogP contribution in [0.5, 0.6) is 0 Å². The maximum absolute atomic E-state index is 13.7. The van der Waals surface area contributed by atoms with Gasteiger partial charge in [0.15, 0.2) is 5.92 Å². The Morgan fingerprint density at radius 2 is 1.76 bits per heavy atom. The zero-order valence-electron chi connectivity index (χ0n) is 22.8. The number of methoxy groups -OCH3 is 2. The highest BCUT2D eigenvalue weighted by Gasteiger charge is 2.75. The Kier molecular flexibility index (Phi) is 5.98. The van der Waals surface area contributed by atoms with Crippen molar-refractivity contribution in [3.8, 4) is 0 Å². The molecule has 2 aliphatic heterocycles. The van der Waals surface area contributed by atoms with Crippen LogP contribution in [0.25, 0.3) is 0 Å². The van der Waals surface area contributed by atoms with Gasteiger partial charge in [0, 0.05) is 34.1 Å². The lowest BCUT2D eigenvalue weighted by Gasteiger charge is -2.70. The van der Waals surface area contributed by atoms with Gasteiger partial charge in [0.1, 0.15) is 17.5 Å². The van der Waals surface area contributed by atoms with Crippen molar-refractivity contribution in [3.05, 3.63) is 36.3 Å². The fourth-order valence-electron chi connectivity index (χ4n) is 8.49. The van der Waals surface area contributed by atoms with Crippen LogP contribution >= 0.6 is 0 Å². The van der Waals surface area contributed by atoms with Gasteiger partial charge >= 0.3 is 17.9 Å². The highest BCUT2D eigenvalue weighted by Crippen LogP contribution is 2.72. The lowest BCUT2D eigenvalue weighted by Crippen LogP contribution is -2.73. The van der Waals surface area contributed by atoms with Gasteiger partial charge in [-0.1, -0.05) is 34.3 Å². The minimum atomic E-state index is -1.33. The number of rotatable bonds is 4. The monoisotopic (exact) mass is 528 g/mol. The van der Waals surface area contributed by atoms with Crippen LogP contribution in [0.4, 0.5) is 0 Å². The Morgan fingerprint density at radius 3 is 2.34 bits per heavy atom. The summed E-state index contributed by atoms with van der Waals surface area (Å²) >= 11 is 0. The average molecular weight is 529 g/mol. The third-order valence-corrected chi connectivity index (χ3v) is 10.5. The van der Waals surface area contributed by atoms with E-state index in [1.54, 1.807) is 32.4 Å². The van der Waals surface area contributed by atoms with E-state index in [0.29, 0.717) is 12.8 Å². The summed E-state index contributed by atoms with van der Waals surface area (Å²) in [5, 5.41) is 0. The molecule has 3 heterocycles. The molecule has 2 saturated heterocycles. The second-order valence-corrected chi connectivity index (χ2v) is 12.3. The average Bonchev–Trinajstić information content (AvgIpc) is 3.40. The summed E-state index contributed by atoms with van der Waals surface area (Å²) in [6.45, 7) is 12.1. The Balaban J connectivity index is 1.68. The molecule has 9 nitrogen and oxygen atoms in total. The first-order chi connectivity index (χ1) is 17.8. The first kappa shape index (κ1) is 26.7. The maximum atomic E-state index is 13.7. The molecule has 7 atom stereocenters. The van der Waals surface area contributed by atoms with Crippen molar-refractivity contribution < 1.29 is 42.5 Å². The van der Waals surface area contributed by atoms with E-state index in [0.717, 1.165) is 11.1 Å². The molecule has 2 saturated carbocycles. The smallest absolute Gasteiger partial charge is 0.320 e. The van der Waals surface area contributed by atoms with Crippen molar-refractivity contribution in [2.24, 2.45) is 34.0 Å². The van der Waals surface area contributed by atoms with Gasteiger partial charge in [-0.2, -0.15) is 0 Å². The number of ether oxygens (including phenoxy) is 4. The molecule has 206 valence electrons. The number of hydrogen-bond acceptors (Lipinski definition) is 9. The van der Waals surface area contributed by atoms with Crippen LogP contribution in [0.15, 0.2) is 35.2 Å². The summed E-state index contributed by atoms with van der Waals surface area (Å²) in [4.78, 5) is 53.0. The van der Waals surface area contributed by atoms with E-state index in [9.17, 15) is 19.2 Å². The SMILES string of the molecule is C=C1[C@@H]2CC[C@@]3(C)[C@@H](c4ccoc4)OC(=O)C[C@]13O[C@H]1CC(=O)C(C)(C)[C@H](C(C(=O)OC)C(=O)OC)[C@@]12C. The van der Waals surface area contributed by atoms with Gasteiger partial charge in [-0.05, 0) is 30.4 Å². The fraction of sp³-hybridized carbons (Fsp3) is 0.655. The second-order valence-electron chi connectivity index (χ2n) is 12.3. The van der Waals surface area contributed by atoms with Gasteiger partial charge in [0.25, 0.3) is 0 Å². The number of cyclic esters (lactones) is 1. The molecule has 5 rings (SSSR count). The molecule has 38 heavy (non-hydrogen) atoms. The molecule has 0 aromatic carbocycles. The van der Waals surface area contributed by atoms with Crippen LogP contribution in [0.2, 0.25) is 0 Å². The molecule has 0 unspecified atom stereocenters. The van der Waals surface area contributed by atoms with Crippen molar-refractivity contribution in [2.75, 3.05) is 14.2 Å². The Bertz CT molecular complexity index is 1180. The largest absolute Gasteiger partial charge is 0.472 e. The standard InChI is InChI=1S/C29H36O9/c1-15-17-8-10-27(4)23(16-9-11-36-14-16)37-20(31)13-29(15,27)38-19-12-18(30)26(2,3)22(28(17,19)5)21(24(32)34-6)25(33)35-7/h9,11,14,17,19,21-23H,1,8,10,12-13H2,2-7H3/t17-,19-,22-,23+,27-,28+,29-/m0/s1. The molecule has 0 radical (unpaired) electrons. The molecule has 2 aliphatic carbocycles. The van der Waals surface area contributed by atoms with Crippen LogP contribution in [0.1, 0.15) is 65.0 Å². The predicted molar refractivity (Wildman–Crippen MR) is 132 cm³/mol. The van der Waals surface area contributed by atoms with Gasteiger partial charge in [0.2, 0.25) is 0 Å². The summed E-state index contributed by atoms with van der Waals surface area (Å²) in [7, 11) is 2.44. The summed E-state index contributed by atoms with van der Waals surface area (Å²) in [6, 6.07) is 1.78. The number of furan rings is 1. The van der Waals surface area contributed by atoms with E-state index >= 15 is 0 Å². The van der Waals surface area contributed by atoms with Crippen molar-refractivity contribution in [3.63, 3.8) is 0 Å². The molecule has 1 spiro atoms. The predicted octanol–water partition coefficient (Wildman–Crippen LogP) is 3.96. The van der Waals surface area contributed by atoms with Crippen molar-refractivity contribution in [2.45, 2.75) is 71.2 Å². The van der Waals surface area contributed by atoms with E-state index < -0.39 is 63.8 Å². The number of ketones is 1. The van der Waals surface area contributed by atoms with Gasteiger partial charge in [-0.3, -0.25) is 19.2 Å². The maximum Gasteiger partial charge on any atom is 0.320 e. The quantitative estimate of drug-likeness (QED) is 0.248. The van der Waals surface area contributed by atoms with E-state index in [1.807, 2.05) is 13.8 Å². The summed E-state index contributed by atoms with van der Waals surface area (Å²) in [6.07, 6.45) is 3.16. The lowest BCUT2D eigenvalue weighted by molar-refractivity contribution is -0.301. The third kappa shape index (κ3) is 3.20. The number of carbonyl (C=O) groups excluding carboxylic acids is 4. The Hall–Kier alpha value is -2.94. The molecule has 0 amide bonds. The van der Waals surface area contributed by atoms with Gasteiger partial charge in [-0.25, -0.2) is 0 Å². The van der Waals surface area contributed by atoms with E-state index in [2.05, 4.69) is 6.58 Å². The fourth-order valence-corrected chi connectivity index (χ4v) is 8.49. The Morgan fingerprint density at radius 1 is 1.11 bits per heavy atom. The van der Waals surface area contributed by atoms with Gasteiger partial charge in [0.05, 0.1) is 39.3 Å².